The van der Waals surface area contributed by atoms with E-state index >= 15 is 0 Å². The Morgan fingerprint density at radius 1 is 1.03 bits per heavy atom. The molecule has 0 saturated heterocycles. The number of benzene rings is 2. The summed E-state index contributed by atoms with van der Waals surface area (Å²) in [6.45, 7) is 3.92. The minimum Gasteiger partial charge on any atom is -0.483 e. The number of aromatic nitrogens is 2. The summed E-state index contributed by atoms with van der Waals surface area (Å²) in [5.41, 5.74) is 5.35. The molecular weight excluding hydrogens is 372 g/mol. The Kier molecular flexibility index (Phi) is 6.23. The van der Waals surface area contributed by atoms with E-state index in [4.69, 9.17) is 4.74 Å². The predicted octanol–water partition coefficient (Wildman–Crippen LogP) is 1.95. The van der Waals surface area contributed by atoms with Crippen LogP contribution in [0.4, 0.5) is 0 Å². The summed E-state index contributed by atoms with van der Waals surface area (Å²) in [4.78, 5) is 37.1. The predicted molar refractivity (Wildman–Crippen MR) is 109 cm³/mol. The first-order valence-electron chi connectivity index (χ1n) is 9.28. The number of rotatable bonds is 6. The maximum atomic E-state index is 12.6. The van der Waals surface area contributed by atoms with Gasteiger partial charge in [0.25, 0.3) is 17.4 Å². The summed E-state index contributed by atoms with van der Waals surface area (Å²) in [6.07, 6.45) is 0.694. The van der Waals surface area contributed by atoms with Gasteiger partial charge in [0.1, 0.15) is 5.75 Å². The van der Waals surface area contributed by atoms with Crippen molar-refractivity contribution >= 4 is 22.6 Å². The number of fused-ring (bicyclic) bond motifs is 1. The molecule has 150 valence electrons. The fourth-order valence-electron chi connectivity index (χ4n) is 2.85. The third-order valence-corrected chi connectivity index (χ3v) is 4.29. The molecule has 0 spiro atoms. The van der Waals surface area contributed by atoms with Gasteiger partial charge >= 0.3 is 0 Å². The van der Waals surface area contributed by atoms with E-state index in [9.17, 15) is 14.4 Å². The Hall–Kier alpha value is -3.68. The highest BCUT2D eigenvalue weighted by Crippen LogP contribution is 2.16. The van der Waals surface area contributed by atoms with Gasteiger partial charge in [0, 0.05) is 11.9 Å². The van der Waals surface area contributed by atoms with Crippen molar-refractivity contribution in [2.45, 2.75) is 26.8 Å². The zero-order valence-corrected chi connectivity index (χ0v) is 16.3. The molecule has 8 nitrogen and oxygen atoms in total. The number of carbonyl (C=O) groups excluding carboxylic acids is 2. The molecule has 0 fully saturated rings. The summed E-state index contributed by atoms with van der Waals surface area (Å²) in [6, 6.07) is 14.1. The maximum Gasteiger partial charge on any atom is 0.290 e. The van der Waals surface area contributed by atoms with Gasteiger partial charge in [-0.15, -0.1) is 0 Å². The minimum atomic E-state index is -0.615. The van der Waals surface area contributed by atoms with Crippen LogP contribution in [-0.4, -0.2) is 28.2 Å². The molecule has 0 bridgehead atoms. The summed E-state index contributed by atoms with van der Waals surface area (Å²) in [5, 5.41) is 5.01. The second-order valence-electron chi connectivity index (χ2n) is 6.48. The highest BCUT2D eigenvalue weighted by atomic mass is 16.5. The minimum absolute atomic E-state index is 0.0637. The van der Waals surface area contributed by atoms with Crippen LogP contribution in [0.1, 0.15) is 29.4 Å². The topological polar surface area (TPSA) is 102 Å². The van der Waals surface area contributed by atoms with Crippen LogP contribution < -0.4 is 21.1 Å². The summed E-state index contributed by atoms with van der Waals surface area (Å²) < 4.78 is 6.71. The highest BCUT2D eigenvalue weighted by molar-refractivity contribution is 6.05. The van der Waals surface area contributed by atoms with Gasteiger partial charge in [-0.2, -0.15) is 5.10 Å². The van der Waals surface area contributed by atoms with Crippen molar-refractivity contribution in [3.8, 4) is 5.75 Å². The van der Waals surface area contributed by atoms with E-state index in [0.29, 0.717) is 29.5 Å². The van der Waals surface area contributed by atoms with Crippen molar-refractivity contribution in [2.75, 3.05) is 6.61 Å². The lowest BCUT2D eigenvalue weighted by Crippen LogP contribution is -2.44. The van der Waals surface area contributed by atoms with Crippen molar-refractivity contribution in [3.63, 3.8) is 0 Å². The lowest BCUT2D eigenvalue weighted by Gasteiger charge is -2.12. The zero-order valence-electron chi connectivity index (χ0n) is 16.3. The number of amides is 2. The van der Waals surface area contributed by atoms with Gasteiger partial charge in [0.2, 0.25) is 0 Å². The van der Waals surface area contributed by atoms with Gasteiger partial charge < -0.3 is 4.74 Å². The first-order chi connectivity index (χ1) is 14.0. The van der Waals surface area contributed by atoms with Crippen molar-refractivity contribution in [2.24, 2.45) is 0 Å². The van der Waals surface area contributed by atoms with Gasteiger partial charge in [0.05, 0.1) is 5.39 Å². The molecule has 0 aliphatic rings. The van der Waals surface area contributed by atoms with E-state index in [1.54, 1.807) is 30.3 Å². The van der Waals surface area contributed by atoms with Gasteiger partial charge in [-0.25, -0.2) is 4.68 Å². The normalized spacial score (nSPS) is 10.6. The molecule has 0 aliphatic carbocycles. The first kappa shape index (κ1) is 20.1. The number of nitrogens with zero attached hydrogens (tertiary/aromatic N) is 2. The average Bonchev–Trinajstić information content (AvgIpc) is 2.73. The van der Waals surface area contributed by atoms with Crippen LogP contribution in [-0.2, 0) is 11.3 Å². The van der Waals surface area contributed by atoms with Crippen molar-refractivity contribution < 1.29 is 14.3 Å². The van der Waals surface area contributed by atoms with Crippen molar-refractivity contribution in [1.82, 2.24) is 20.6 Å². The molecule has 0 aliphatic heterocycles. The lowest BCUT2D eigenvalue weighted by atomic mass is 10.1. The average molecular weight is 394 g/mol. The van der Waals surface area contributed by atoms with Crippen LogP contribution in [0.3, 0.4) is 0 Å². The second-order valence-corrected chi connectivity index (χ2v) is 6.48. The van der Waals surface area contributed by atoms with E-state index in [-0.39, 0.29) is 17.9 Å². The Balaban J connectivity index is 1.71. The Morgan fingerprint density at radius 2 is 1.72 bits per heavy atom. The summed E-state index contributed by atoms with van der Waals surface area (Å²) >= 11 is 0. The first-order valence-corrected chi connectivity index (χ1v) is 9.28. The van der Waals surface area contributed by atoms with E-state index < -0.39 is 11.8 Å². The molecule has 2 amide bonds. The van der Waals surface area contributed by atoms with E-state index in [1.807, 2.05) is 32.0 Å². The van der Waals surface area contributed by atoms with Crippen LogP contribution >= 0.6 is 0 Å². The molecule has 0 unspecified atom stereocenters. The number of aryl methyl sites for hydroxylation is 2. The Morgan fingerprint density at radius 3 is 2.45 bits per heavy atom. The number of carbonyl (C=O) groups is 2. The van der Waals surface area contributed by atoms with E-state index in [1.165, 1.54) is 4.68 Å². The third-order valence-electron chi connectivity index (χ3n) is 4.29. The quantitative estimate of drug-likeness (QED) is 0.622. The maximum absolute atomic E-state index is 12.6. The molecule has 1 aromatic heterocycles. The molecule has 1 heterocycles. The second kappa shape index (κ2) is 9.01. The Bertz CT molecular complexity index is 1110. The standard InChI is InChI=1S/C21H22N4O4/c1-3-12-25-21(28)16-10-6-5-9-15(16)19(24-25)20(27)23-22-18(26)13-29-17-11-7-4-8-14(17)2/h4-11H,3,12-13H2,1-2H3,(H,22,26)(H,23,27). The number of nitrogens with one attached hydrogen (secondary N) is 2. The SMILES string of the molecule is CCCn1nc(C(=O)NNC(=O)COc2ccccc2C)c2ccccc2c1=O. The van der Waals surface area contributed by atoms with Crippen LogP contribution in [0.15, 0.2) is 53.3 Å². The highest BCUT2D eigenvalue weighted by Gasteiger charge is 2.17. The number of para-hydroxylation sites is 1. The summed E-state index contributed by atoms with van der Waals surface area (Å²) in [5.74, 6) is -0.545. The zero-order chi connectivity index (χ0) is 20.8. The molecule has 2 aromatic carbocycles. The molecule has 3 aromatic rings. The molecule has 0 saturated carbocycles. The monoisotopic (exact) mass is 394 g/mol. The van der Waals surface area contributed by atoms with Gasteiger partial charge in [-0.05, 0) is 31.0 Å². The lowest BCUT2D eigenvalue weighted by molar-refractivity contribution is -0.123. The van der Waals surface area contributed by atoms with Crippen LogP contribution in [0.5, 0.6) is 5.75 Å². The van der Waals surface area contributed by atoms with Gasteiger partial charge in [-0.1, -0.05) is 43.3 Å². The Labute approximate surface area is 167 Å². The van der Waals surface area contributed by atoms with E-state index in [0.717, 1.165) is 5.56 Å². The largest absolute Gasteiger partial charge is 0.483 e. The van der Waals surface area contributed by atoms with Crippen LogP contribution in [0, 0.1) is 6.92 Å². The molecule has 8 heteroatoms. The molecule has 0 radical (unpaired) electrons. The molecular formula is C21H22N4O4. The fraction of sp³-hybridized carbons (Fsp3) is 0.238. The van der Waals surface area contributed by atoms with E-state index in [2.05, 4.69) is 16.0 Å². The van der Waals surface area contributed by atoms with Crippen molar-refractivity contribution in [1.29, 1.82) is 0 Å². The number of hydrogen-bond acceptors (Lipinski definition) is 5. The molecule has 2 N–H and O–H groups in total. The van der Waals surface area contributed by atoms with Crippen molar-refractivity contribution in [3.05, 3.63) is 70.1 Å². The fourth-order valence-corrected chi connectivity index (χ4v) is 2.85. The van der Waals surface area contributed by atoms with Crippen LogP contribution in [0.25, 0.3) is 10.8 Å². The third kappa shape index (κ3) is 4.60. The van der Waals surface area contributed by atoms with Gasteiger partial charge in [0.15, 0.2) is 12.3 Å². The molecule has 0 atom stereocenters. The number of hydrogen-bond donors (Lipinski definition) is 2. The number of hydrazine groups is 1. The number of ether oxygens (including phenoxy) is 1. The molecule has 3 rings (SSSR count). The van der Waals surface area contributed by atoms with Crippen LogP contribution in [0.2, 0.25) is 0 Å². The smallest absolute Gasteiger partial charge is 0.290 e. The summed E-state index contributed by atoms with van der Waals surface area (Å²) in [7, 11) is 0. The molecule has 29 heavy (non-hydrogen) atoms. The van der Waals surface area contributed by atoms with Gasteiger partial charge in [-0.3, -0.25) is 25.2 Å².